The maximum absolute atomic E-state index is 13.3. The minimum absolute atomic E-state index is 0.155. The molecule has 8 heteroatoms. The van der Waals surface area contributed by atoms with Crippen LogP contribution in [0.15, 0.2) is 72.3 Å². The number of carbonyl (C=O) groups is 3. The predicted molar refractivity (Wildman–Crippen MR) is 138 cm³/mol. The second-order valence-corrected chi connectivity index (χ2v) is 8.43. The molecule has 3 aromatic rings. The summed E-state index contributed by atoms with van der Waals surface area (Å²) < 4.78 is 11.7. The fraction of sp³-hybridized carbons (Fsp3) is 0.179. The van der Waals surface area contributed by atoms with E-state index in [1.54, 1.807) is 42.5 Å². The van der Waals surface area contributed by atoms with Crippen LogP contribution in [0.3, 0.4) is 0 Å². The molecule has 0 bridgehead atoms. The standard InChI is InChI=1S/C28H25ClN2O5/c1-3-20-7-5-6-8-23(20)31-27(33)22(26(32)30-28(31)34)15-19-11-14-24(25(16-19)35-4-2)36-17-18-9-12-21(29)13-10-18/h5-16H,3-4,17H2,1-2H3,(H,30,32,34)/b22-15-. The number of halogens is 1. The van der Waals surface area contributed by atoms with E-state index < -0.39 is 17.8 Å². The van der Waals surface area contributed by atoms with Crippen LogP contribution >= 0.6 is 11.6 Å². The quantitative estimate of drug-likeness (QED) is 0.321. The topological polar surface area (TPSA) is 84.9 Å². The molecule has 36 heavy (non-hydrogen) atoms. The number of imide groups is 2. The first-order valence-corrected chi connectivity index (χ1v) is 11.9. The number of aryl methyl sites for hydroxylation is 1. The third kappa shape index (κ3) is 5.42. The Morgan fingerprint density at radius 2 is 1.67 bits per heavy atom. The van der Waals surface area contributed by atoms with Gasteiger partial charge in [0.05, 0.1) is 12.3 Å². The fourth-order valence-electron chi connectivity index (χ4n) is 3.81. The van der Waals surface area contributed by atoms with Crippen LogP contribution in [0.4, 0.5) is 10.5 Å². The number of nitrogens with zero attached hydrogens (tertiary/aromatic N) is 1. The lowest BCUT2D eigenvalue weighted by atomic mass is 10.0. The molecule has 3 aromatic carbocycles. The summed E-state index contributed by atoms with van der Waals surface area (Å²) in [5.41, 5.74) is 2.60. The van der Waals surface area contributed by atoms with E-state index in [-0.39, 0.29) is 5.57 Å². The van der Waals surface area contributed by atoms with E-state index in [4.69, 9.17) is 21.1 Å². The number of urea groups is 1. The average molecular weight is 505 g/mol. The van der Waals surface area contributed by atoms with Crippen molar-refractivity contribution in [3.8, 4) is 11.5 Å². The van der Waals surface area contributed by atoms with Crippen LogP contribution in [-0.4, -0.2) is 24.5 Å². The van der Waals surface area contributed by atoms with Crippen LogP contribution in [0.2, 0.25) is 5.02 Å². The number of ether oxygens (including phenoxy) is 2. The van der Waals surface area contributed by atoms with Crippen molar-refractivity contribution in [2.75, 3.05) is 11.5 Å². The number of benzene rings is 3. The van der Waals surface area contributed by atoms with Crippen molar-refractivity contribution in [3.63, 3.8) is 0 Å². The van der Waals surface area contributed by atoms with Gasteiger partial charge in [-0.3, -0.25) is 14.9 Å². The van der Waals surface area contributed by atoms with Gasteiger partial charge in [-0.25, -0.2) is 9.69 Å². The van der Waals surface area contributed by atoms with Gasteiger partial charge in [-0.1, -0.05) is 54.9 Å². The van der Waals surface area contributed by atoms with Gasteiger partial charge in [0.25, 0.3) is 11.8 Å². The molecule has 0 unspecified atom stereocenters. The minimum Gasteiger partial charge on any atom is -0.490 e. The summed E-state index contributed by atoms with van der Waals surface area (Å²) in [6.07, 6.45) is 2.06. The van der Waals surface area contributed by atoms with Crippen LogP contribution in [0.5, 0.6) is 11.5 Å². The monoisotopic (exact) mass is 504 g/mol. The zero-order valence-corrected chi connectivity index (χ0v) is 20.7. The zero-order chi connectivity index (χ0) is 25.7. The van der Waals surface area contributed by atoms with Gasteiger partial charge in [0, 0.05) is 5.02 Å². The summed E-state index contributed by atoms with van der Waals surface area (Å²) in [6.45, 7) is 4.49. The summed E-state index contributed by atoms with van der Waals surface area (Å²) in [6, 6.07) is 18.8. The highest BCUT2D eigenvalue weighted by Crippen LogP contribution is 2.31. The van der Waals surface area contributed by atoms with Crippen molar-refractivity contribution < 1.29 is 23.9 Å². The molecular weight excluding hydrogens is 480 g/mol. The number of carbonyl (C=O) groups excluding carboxylic acids is 3. The van der Waals surface area contributed by atoms with Gasteiger partial charge in [0.1, 0.15) is 12.2 Å². The third-order valence-electron chi connectivity index (χ3n) is 5.60. The first-order chi connectivity index (χ1) is 17.4. The molecule has 0 atom stereocenters. The van der Waals surface area contributed by atoms with Crippen molar-refractivity contribution in [2.45, 2.75) is 26.9 Å². The van der Waals surface area contributed by atoms with E-state index in [0.29, 0.717) is 47.4 Å². The Bertz CT molecular complexity index is 1330. The molecule has 0 aromatic heterocycles. The van der Waals surface area contributed by atoms with Crippen LogP contribution in [0.25, 0.3) is 6.08 Å². The summed E-state index contributed by atoms with van der Waals surface area (Å²) in [7, 11) is 0. The Kier molecular flexibility index (Phi) is 7.71. The fourth-order valence-corrected chi connectivity index (χ4v) is 3.94. The van der Waals surface area contributed by atoms with Crippen molar-refractivity contribution in [3.05, 3.63) is 94.0 Å². The Balaban J connectivity index is 1.62. The molecule has 1 N–H and O–H groups in total. The largest absolute Gasteiger partial charge is 0.490 e. The first-order valence-electron chi connectivity index (χ1n) is 11.5. The van der Waals surface area contributed by atoms with Crippen molar-refractivity contribution >= 4 is 41.2 Å². The minimum atomic E-state index is -0.774. The van der Waals surface area contributed by atoms with Crippen LogP contribution in [0.1, 0.15) is 30.5 Å². The Morgan fingerprint density at radius 3 is 2.39 bits per heavy atom. The Hall–Kier alpha value is -4.10. The maximum atomic E-state index is 13.3. The maximum Gasteiger partial charge on any atom is 0.335 e. The number of barbiturate groups is 1. The zero-order valence-electron chi connectivity index (χ0n) is 19.9. The van der Waals surface area contributed by atoms with Crippen LogP contribution in [0, 0.1) is 0 Å². The number of amides is 4. The lowest BCUT2D eigenvalue weighted by Gasteiger charge is -2.28. The smallest absolute Gasteiger partial charge is 0.335 e. The molecule has 7 nitrogen and oxygen atoms in total. The highest BCUT2D eigenvalue weighted by Gasteiger charge is 2.37. The average Bonchev–Trinajstić information content (AvgIpc) is 2.87. The van der Waals surface area contributed by atoms with Gasteiger partial charge in [0.2, 0.25) is 0 Å². The van der Waals surface area contributed by atoms with Gasteiger partial charge in [-0.2, -0.15) is 0 Å². The van der Waals surface area contributed by atoms with Gasteiger partial charge in [-0.15, -0.1) is 0 Å². The molecule has 1 fully saturated rings. The van der Waals surface area contributed by atoms with Crippen molar-refractivity contribution in [1.29, 1.82) is 0 Å². The predicted octanol–water partition coefficient (Wildman–Crippen LogP) is 5.55. The van der Waals surface area contributed by atoms with E-state index in [1.807, 2.05) is 38.1 Å². The normalized spacial score (nSPS) is 14.7. The molecule has 1 heterocycles. The molecule has 4 amide bonds. The summed E-state index contributed by atoms with van der Waals surface area (Å²) in [5.74, 6) is -0.460. The lowest BCUT2D eigenvalue weighted by molar-refractivity contribution is -0.122. The summed E-state index contributed by atoms with van der Waals surface area (Å²) in [5, 5.41) is 2.91. The van der Waals surface area contributed by atoms with Crippen molar-refractivity contribution in [2.24, 2.45) is 0 Å². The second-order valence-electron chi connectivity index (χ2n) is 7.99. The molecule has 0 radical (unpaired) electrons. The number of anilines is 1. The van der Waals surface area contributed by atoms with Gasteiger partial charge in [-0.05, 0) is 66.4 Å². The number of rotatable bonds is 8. The number of nitrogens with one attached hydrogen (secondary N) is 1. The summed E-state index contributed by atoms with van der Waals surface area (Å²) in [4.78, 5) is 39.5. The molecule has 0 saturated carbocycles. The number of para-hydroxylation sites is 1. The lowest BCUT2D eigenvalue weighted by Crippen LogP contribution is -2.54. The SMILES string of the molecule is CCOc1cc(/C=C2/C(=O)NC(=O)N(c3ccccc3CC)C2=O)ccc1OCc1ccc(Cl)cc1. The number of hydrogen-bond donors (Lipinski definition) is 1. The number of hydrogen-bond acceptors (Lipinski definition) is 5. The van der Waals surface area contributed by atoms with Gasteiger partial charge in [0.15, 0.2) is 11.5 Å². The third-order valence-corrected chi connectivity index (χ3v) is 5.85. The second kappa shape index (κ2) is 11.1. The van der Waals surface area contributed by atoms with Crippen molar-refractivity contribution in [1.82, 2.24) is 5.32 Å². The molecule has 1 saturated heterocycles. The molecule has 0 spiro atoms. The van der Waals surface area contributed by atoms with E-state index in [0.717, 1.165) is 16.0 Å². The molecule has 1 aliphatic rings. The Morgan fingerprint density at radius 1 is 0.917 bits per heavy atom. The highest BCUT2D eigenvalue weighted by atomic mass is 35.5. The van der Waals surface area contributed by atoms with E-state index >= 15 is 0 Å². The Labute approximate surface area is 214 Å². The summed E-state index contributed by atoms with van der Waals surface area (Å²) >= 11 is 5.94. The van der Waals surface area contributed by atoms with Gasteiger partial charge >= 0.3 is 6.03 Å². The van der Waals surface area contributed by atoms with Crippen LogP contribution in [-0.2, 0) is 22.6 Å². The molecule has 0 aliphatic carbocycles. The molecular formula is C28H25ClN2O5. The van der Waals surface area contributed by atoms with Gasteiger partial charge < -0.3 is 9.47 Å². The highest BCUT2D eigenvalue weighted by molar-refractivity contribution is 6.39. The van der Waals surface area contributed by atoms with E-state index in [9.17, 15) is 14.4 Å². The molecule has 184 valence electrons. The molecule has 1 aliphatic heterocycles. The van der Waals surface area contributed by atoms with Crippen LogP contribution < -0.4 is 19.7 Å². The first kappa shape index (κ1) is 25.0. The van der Waals surface area contributed by atoms with E-state index in [1.165, 1.54) is 6.08 Å². The molecule has 4 rings (SSSR count). The van der Waals surface area contributed by atoms with E-state index in [2.05, 4.69) is 5.32 Å².